The second-order valence-corrected chi connectivity index (χ2v) is 17.8. The van der Waals surface area contributed by atoms with E-state index in [0.29, 0.717) is 0 Å². The molecule has 70 heavy (non-hydrogen) atoms. The van der Waals surface area contributed by atoms with Crippen LogP contribution in [0.5, 0.6) is 0 Å². The molecule has 0 aliphatic heterocycles. The highest BCUT2D eigenvalue weighted by Crippen LogP contribution is 2.43. The number of aromatic nitrogens is 2. The number of nitrogens with one attached hydrogen (secondary N) is 2. The van der Waals surface area contributed by atoms with E-state index in [1.54, 1.807) is 6.08 Å². The van der Waals surface area contributed by atoms with Crippen LogP contribution in [0.15, 0.2) is 261 Å². The van der Waals surface area contributed by atoms with Gasteiger partial charge in [0.05, 0.1) is 27.8 Å². The van der Waals surface area contributed by atoms with E-state index < -0.39 is 6.17 Å². The van der Waals surface area contributed by atoms with Gasteiger partial charge < -0.3 is 14.9 Å². The van der Waals surface area contributed by atoms with Gasteiger partial charge in [-0.1, -0.05) is 207 Å². The summed E-state index contributed by atoms with van der Waals surface area (Å²) in [6.45, 7) is 10.4. The molecule has 11 rings (SSSR count). The molecule has 11 aromatic rings. The molecule has 4 nitrogen and oxygen atoms in total. The smallest absolute Gasteiger partial charge is 0.145 e. The van der Waals surface area contributed by atoms with Gasteiger partial charge in [0.1, 0.15) is 6.17 Å². The number of nitrogens with zero attached hydrogens (tertiary/aromatic N) is 2. The van der Waals surface area contributed by atoms with Gasteiger partial charge in [-0.15, -0.1) is 0 Å². The first kappa shape index (κ1) is 43.6. The summed E-state index contributed by atoms with van der Waals surface area (Å²) in [7, 11) is 0. The Hall–Kier alpha value is -8.99. The van der Waals surface area contributed by atoms with Gasteiger partial charge in [0.15, 0.2) is 0 Å². The third kappa shape index (κ3) is 8.59. The van der Waals surface area contributed by atoms with Crippen molar-refractivity contribution in [2.24, 2.45) is 4.99 Å². The zero-order valence-corrected chi connectivity index (χ0v) is 39.2. The van der Waals surface area contributed by atoms with Gasteiger partial charge in [-0.2, -0.15) is 0 Å². The fraction of sp³-hybridized carbons (Fsp3) is 0.0455. The van der Waals surface area contributed by atoms with Crippen LogP contribution in [-0.4, -0.2) is 15.3 Å². The summed E-state index contributed by atoms with van der Waals surface area (Å²) in [6, 6.07) is 76.0. The lowest BCUT2D eigenvalue weighted by atomic mass is 9.95. The van der Waals surface area contributed by atoms with E-state index in [1.165, 1.54) is 32.8 Å². The quantitative estimate of drug-likeness (QED) is 0.0829. The Morgan fingerprint density at radius 3 is 1.91 bits per heavy atom. The predicted molar refractivity (Wildman–Crippen MR) is 299 cm³/mol. The molecule has 0 fully saturated rings. The minimum atomic E-state index is -0.411. The van der Waals surface area contributed by atoms with E-state index in [2.05, 4.69) is 235 Å². The number of aliphatic imine (C=N–C) groups is 1. The van der Waals surface area contributed by atoms with Crippen LogP contribution in [0, 0.1) is 0 Å². The number of para-hydroxylation sites is 1. The first-order valence-corrected chi connectivity index (χ1v) is 23.9. The van der Waals surface area contributed by atoms with Gasteiger partial charge in [0, 0.05) is 38.5 Å². The number of allylic oxidation sites excluding steroid dienone is 5. The number of H-pyrrole nitrogens is 1. The minimum absolute atomic E-state index is 0.411. The van der Waals surface area contributed by atoms with Crippen molar-refractivity contribution in [2.75, 3.05) is 0 Å². The van der Waals surface area contributed by atoms with Crippen LogP contribution in [-0.2, 0) is 6.42 Å². The lowest BCUT2D eigenvalue weighted by Gasteiger charge is -2.20. The molecule has 0 aliphatic rings. The summed E-state index contributed by atoms with van der Waals surface area (Å²) in [4.78, 5) is 9.46. The van der Waals surface area contributed by atoms with Gasteiger partial charge in [0.25, 0.3) is 0 Å². The Morgan fingerprint density at radius 2 is 1.17 bits per heavy atom. The summed E-state index contributed by atoms with van der Waals surface area (Å²) in [5.41, 5.74) is 18.5. The highest BCUT2D eigenvalue weighted by atomic mass is 15.1. The molecule has 0 aliphatic carbocycles. The van der Waals surface area contributed by atoms with E-state index in [1.807, 2.05) is 36.4 Å². The molecular weight excluding hydrogens is 849 g/mol. The Labute approximate surface area is 409 Å². The van der Waals surface area contributed by atoms with Crippen molar-refractivity contribution in [2.45, 2.75) is 19.5 Å². The molecule has 2 aromatic heterocycles. The van der Waals surface area contributed by atoms with E-state index >= 15 is 0 Å². The van der Waals surface area contributed by atoms with Gasteiger partial charge in [-0.3, -0.25) is 4.99 Å². The first-order valence-electron chi connectivity index (χ1n) is 23.9. The van der Waals surface area contributed by atoms with Crippen LogP contribution >= 0.6 is 0 Å². The van der Waals surface area contributed by atoms with Crippen LogP contribution in [0.4, 0.5) is 0 Å². The topological polar surface area (TPSA) is 45.1 Å². The standard InChI is InChI=1S/C66H52N4/c1-4-5-6-7-12-24-47-39-57(53-33-23-34-54(41-53)66(67-45(2)48-25-13-8-14-26-48)68-46(3)49-27-15-9-16-28-49)64-59(40-47)60-43-55(51-31-19-11-20-32-51)44-63(65(60)69-64)70-61-36-22-21-35-56(61)58-42-52(37-38-62(58)70)50-29-17-10-18-30-50/h4-23,25-44,66-67,69H,1-2,24H2,3H3/b6-5-,12-7-,68-46+. The minimum Gasteiger partial charge on any atom is -0.360 e. The number of benzene rings is 9. The van der Waals surface area contributed by atoms with Crippen LogP contribution < -0.4 is 5.32 Å². The molecule has 0 radical (unpaired) electrons. The Kier molecular flexibility index (Phi) is 12.0. The third-order valence-corrected chi connectivity index (χ3v) is 13.3. The molecule has 0 bridgehead atoms. The zero-order valence-electron chi connectivity index (χ0n) is 39.2. The van der Waals surface area contributed by atoms with Crippen LogP contribution in [0.25, 0.3) is 88.4 Å². The van der Waals surface area contributed by atoms with Crippen molar-refractivity contribution in [1.82, 2.24) is 14.9 Å². The van der Waals surface area contributed by atoms with E-state index in [0.717, 1.165) is 89.9 Å². The summed E-state index contributed by atoms with van der Waals surface area (Å²) in [6.07, 6.45) is 10.4. The van der Waals surface area contributed by atoms with Crippen molar-refractivity contribution in [3.05, 3.63) is 278 Å². The molecule has 2 N–H and O–H groups in total. The highest BCUT2D eigenvalue weighted by molar-refractivity contribution is 6.17. The molecule has 0 spiro atoms. The summed E-state index contributed by atoms with van der Waals surface area (Å²) in [5, 5.41) is 8.47. The van der Waals surface area contributed by atoms with Crippen LogP contribution in [0.1, 0.15) is 35.3 Å². The normalized spacial score (nSPS) is 12.4. The number of fused-ring (bicyclic) bond motifs is 6. The maximum atomic E-state index is 5.36. The number of aromatic amines is 1. The van der Waals surface area contributed by atoms with Crippen molar-refractivity contribution in [3.8, 4) is 39.1 Å². The first-order chi connectivity index (χ1) is 34.5. The predicted octanol–water partition coefficient (Wildman–Crippen LogP) is 17.0. The summed E-state index contributed by atoms with van der Waals surface area (Å²) in [5.74, 6) is 0. The van der Waals surface area contributed by atoms with Crippen molar-refractivity contribution >= 4 is 55.0 Å². The van der Waals surface area contributed by atoms with Gasteiger partial charge in [-0.25, -0.2) is 0 Å². The fourth-order valence-electron chi connectivity index (χ4n) is 9.83. The molecule has 2 heterocycles. The number of rotatable bonds is 14. The average molecular weight is 901 g/mol. The van der Waals surface area contributed by atoms with Crippen molar-refractivity contribution in [1.29, 1.82) is 0 Å². The number of hydrogen-bond acceptors (Lipinski definition) is 2. The molecule has 336 valence electrons. The lowest BCUT2D eigenvalue weighted by molar-refractivity contribution is 0.671. The van der Waals surface area contributed by atoms with E-state index in [9.17, 15) is 0 Å². The molecule has 0 saturated heterocycles. The average Bonchev–Trinajstić information content (AvgIpc) is 3.96. The molecule has 0 saturated carbocycles. The molecule has 9 aromatic carbocycles. The highest BCUT2D eigenvalue weighted by Gasteiger charge is 2.22. The van der Waals surface area contributed by atoms with Crippen molar-refractivity contribution in [3.63, 3.8) is 0 Å². The Morgan fingerprint density at radius 1 is 0.543 bits per heavy atom. The van der Waals surface area contributed by atoms with Gasteiger partial charge in [-0.05, 0) is 112 Å². The van der Waals surface area contributed by atoms with E-state index in [-0.39, 0.29) is 0 Å². The maximum Gasteiger partial charge on any atom is 0.145 e. The van der Waals surface area contributed by atoms with Crippen molar-refractivity contribution < 1.29 is 0 Å². The van der Waals surface area contributed by atoms with Gasteiger partial charge in [0.2, 0.25) is 0 Å². The molecular formula is C66H52N4. The van der Waals surface area contributed by atoms with Crippen LogP contribution in [0.2, 0.25) is 0 Å². The SMILES string of the molecule is C=C/C=C\C=C/Cc1cc(-c2cccc(C(/N=C(\C)c3ccccc3)NC(=C)c3ccccc3)c2)c2[nH]c3c(-n4c5ccccc5c5cc(-c6ccccc6)ccc54)cc(-c4ccccc4)cc3c2c1. The molecule has 1 unspecified atom stereocenters. The Bertz CT molecular complexity index is 3800. The largest absolute Gasteiger partial charge is 0.360 e. The second kappa shape index (κ2) is 19.3. The Balaban J connectivity index is 1.14. The number of hydrogen-bond donors (Lipinski definition) is 2. The van der Waals surface area contributed by atoms with Crippen LogP contribution in [0.3, 0.4) is 0 Å². The monoisotopic (exact) mass is 900 g/mol. The zero-order chi connectivity index (χ0) is 47.4. The maximum absolute atomic E-state index is 5.36. The summed E-state index contributed by atoms with van der Waals surface area (Å²) < 4.78 is 2.46. The summed E-state index contributed by atoms with van der Waals surface area (Å²) >= 11 is 0. The van der Waals surface area contributed by atoms with E-state index in [4.69, 9.17) is 4.99 Å². The third-order valence-electron chi connectivity index (χ3n) is 13.3. The fourth-order valence-corrected chi connectivity index (χ4v) is 9.83. The second-order valence-electron chi connectivity index (χ2n) is 17.8. The molecule has 0 amide bonds. The molecule has 4 heteroatoms. The lowest BCUT2D eigenvalue weighted by Crippen LogP contribution is -2.19. The molecule has 1 atom stereocenters. The van der Waals surface area contributed by atoms with Gasteiger partial charge >= 0.3 is 0 Å².